The number of aliphatic hydroxyl groups is 1. The molecule has 5 rings (SSSR count). The maximum absolute atomic E-state index is 12.8. The fourth-order valence-corrected chi connectivity index (χ4v) is 11.6. The molecule has 192 valence electrons. The zero-order chi connectivity index (χ0) is 24.9. The van der Waals surface area contributed by atoms with Crippen molar-refractivity contribution in [3.05, 3.63) is 12.2 Å². The summed E-state index contributed by atoms with van der Waals surface area (Å²) < 4.78 is 0. The van der Waals surface area contributed by atoms with Crippen molar-refractivity contribution in [2.45, 2.75) is 105 Å². The number of aliphatic carboxylic acids is 1. The van der Waals surface area contributed by atoms with Crippen LogP contribution in [0.4, 0.5) is 0 Å². The molecule has 0 radical (unpaired) electrons. The lowest BCUT2D eigenvalue weighted by molar-refractivity contribution is -0.243. The molecule has 5 saturated carbocycles. The molecule has 0 aromatic rings. The topological polar surface area (TPSA) is 83.5 Å². The first-order valence-electron chi connectivity index (χ1n) is 14.1. The van der Waals surface area contributed by atoms with Gasteiger partial charge in [0, 0.05) is 11.5 Å². The molecule has 5 fully saturated rings. The molecular weight excluding hydrogens is 422 g/mol. The smallest absolute Gasteiger partial charge is 0.309 e. The van der Waals surface area contributed by atoms with E-state index < -0.39 is 11.4 Å². The van der Waals surface area contributed by atoms with Crippen molar-refractivity contribution in [2.24, 2.45) is 62.4 Å². The Kier molecular flexibility index (Phi) is 5.52. The lowest BCUT2D eigenvalue weighted by Gasteiger charge is -2.73. The van der Waals surface area contributed by atoms with E-state index in [4.69, 9.17) is 5.73 Å². The van der Waals surface area contributed by atoms with Crippen LogP contribution in [0, 0.1) is 56.7 Å². The molecule has 4 heteroatoms. The number of allylic oxidation sites excluding steroid dienone is 1. The van der Waals surface area contributed by atoms with Gasteiger partial charge in [-0.2, -0.15) is 0 Å². The Morgan fingerprint density at radius 3 is 2.24 bits per heavy atom. The van der Waals surface area contributed by atoms with E-state index in [1.807, 2.05) is 0 Å². The third-order valence-corrected chi connectivity index (χ3v) is 13.7. The van der Waals surface area contributed by atoms with Crippen molar-refractivity contribution >= 4 is 5.97 Å². The first-order chi connectivity index (χ1) is 15.8. The Labute approximate surface area is 207 Å². The highest BCUT2D eigenvalue weighted by Crippen LogP contribution is 2.77. The van der Waals surface area contributed by atoms with Crippen LogP contribution in [0.5, 0.6) is 0 Å². The van der Waals surface area contributed by atoms with E-state index in [1.54, 1.807) is 0 Å². The van der Waals surface area contributed by atoms with Crippen LogP contribution < -0.4 is 5.73 Å². The van der Waals surface area contributed by atoms with Gasteiger partial charge in [-0.05, 0) is 117 Å². The van der Waals surface area contributed by atoms with E-state index in [-0.39, 0.29) is 40.2 Å². The number of carboxylic acid groups (broad SMARTS) is 1. The number of carbonyl (C=O) groups is 1. The molecule has 5 aliphatic carbocycles. The van der Waals surface area contributed by atoms with Gasteiger partial charge in [-0.1, -0.05) is 39.8 Å². The summed E-state index contributed by atoms with van der Waals surface area (Å²) in [5, 5.41) is 21.0. The third-order valence-electron chi connectivity index (χ3n) is 13.7. The molecule has 1 unspecified atom stereocenters. The first kappa shape index (κ1) is 24.8. The Morgan fingerprint density at radius 2 is 1.62 bits per heavy atom. The van der Waals surface area contributed by atoms with E-state index >= 15 is 0 Å². The zero-order valence-electron chi connectivity index (χ0n) is 22.3. The van der Waals surface area contributed by atoms with Crippen LogP contribution in [0.3, 0.4) is 0 Å². The lowest BCUT2D eigenvalue weighted by atomic mass is 9.32. The minimum Gasteiger partial charge on any atom is -0.481 e. The van der Waals surface area contributed by atoms with Gasteiger partial charge < -0.3 is 15.9 Å². The quantitative estimate of drug-likeness (QED) is 0.439. The van der Waals surface area contributed by atoms with Crippen molar-refractivity contribution in [3.63, 3.8) is 0 Å². The molecule has 0 aliphatic heterocycles. The summed E-state index contributed by atoms with van der Waals surface area (Å²) in [6.07, 6.45) is 10.5. The molecule has 0 bridgehead atoms. The Morgan fingerprint density at radius 1 is 0.912 bits per heavy atom. The number of carboxylic acids is 1. The third kappa shape index (κ3) is 2.76. The first-order valence-corrected chi connectivity index (χ1v) is 14.1. The van der Waals surface area contributed by atoms with Gasteiger partial charge in [-0.3, -0.25) is 4.79 Å². The van der Waals surface area contributed by atoms with Crippen LogP contribution in [-0.4, -0.2) is 28.8 Å². The van der Waals surface area contributed by atoms with Crippen LogP contribution in [0.25, 0.3) is 0 Å². The van der Waals surface area contributed by atoms with E-state index in [2.05, 4.69) is 41.2 Å². The summed E-state index contributed by atoms with van der Waals surface area (Å²) in [5.41, 5.74) is 7.63. The minimum absolute atomic E-state index is 0.0764. The molecule has 11 atom stereocenters. The summed E-state index contributed by atoms with van der Waals surface area (Å²) in [5.74, 6) is 1.55. The number of nitrogens with two attached hydrogens (primary N) is 1. The number of aliphatic hydroxyl groups excluding tert-OH is 1. The van der Waals surface area contributed by atoms with Crippen LogP contribution in [-0.2, 0) is 4.79 Å². The zero-order valence-corrected chi connectivity index (χ0v) is 22.3. The molecule has 4 nitrogen and oxygen atoms in total. The highest BCUT2D eigenvalue weighted by molar-refractivity contribution is 5.76. The molecular formula is C30H49NO3. The van der Waals surface area contributed by atoms with Crippen molar-refractivity contribution < 1.29 is 15.0 Å². The SMILES string of the molecule is C=C(C)[C@@H]1CC[C@]2(C(=O)O)CC[C@]3(C)[C@H](CC[C@@H]4[C@@]5(C)CCC(N)[C@](C)(CO)[C@@H]5CC[C@]43C)[C@@H]12. The summed E-state index contributed by atoms with van der Waals surface area (Å²) in [6, 6.07) is 0.0764. The highest BCUT2D eigenvalue weighted by Gasteiger charge is 2.72. The standard InChI is InChI=1S/C30H49NO3/c1-18(2)19-9-14-30(25(33)34)16-15-28(5)20(24(19)30)7-8-22-26(3)12-11-23(31)27(4,17-32)21(26)10-13-29(22,28)6/h19-24,32H,1,7-17,31H2,2-6H3,(H,33,34)/t19-,20+,21+,22+,23?,24+,26-,27+,28+,29+,30-/m0/s1. The van der Waals surface area contributed by atoms with Gasteiger partial charge in [0.05, 0.1) is 12.0 Å². The van der Waals surface area contributed by atoms with Gasteiger partial charge in [0.1, 0.15) is 0 Å². The fourth-order valence-electron chi connectivity index (χ4n) is 11.6. The maximum Gasteiger partial charge on any atom is 0.309 e. The number of hydrogen-bond acceptors (Lipinski definition) is 3. The Balaban J connectivity index is 1.56. The second-order valence-corrected chi connectivity index (χ2v) is 14.5. The Hall–Kier alpha value is -0.870. The monoisotopic (exact) mass is 471 g/mol. The van der Waals surface area contributed by atoms with Crippen molar-refractivity contribution in [3.8, 4) is 0 Å². The van der Waals surface area contributed by atoms with E-state index in [0.717, 1.165) is 51.4 Å². The molecule has 0 aromatic carbocycles. The van der Waals surface area contributed by atoms with Gasteiger partial charge >= 0.3 is 5.97 Å². The van der Waals surface area contributed by atoms with Crippen LogP contribution >= 0.6 is 0 Å². The molecule has 0 spiro atoms. The van der Waals surface area contributed by atoms with Crippen LogP contribution in [0.1, 0.15) is 98.8 Å². The second-order valence-electron chi connectivity index (χ2n) is 14.5. The summed E-state index contributed by atoms with van der Waals surface area (Å²) in [6.45, 7) is 16.6. The predicted molar refractivity (Wildman–Crippen MR) is 136 cm³/mol. The number of fused-ring (bicyclic) bond motifs is 7. The molecule has 0 saturated heterocycles. The molecule has 0 aromatic heterocycles. The van der Waals surface area contributed by atoms with E-state index in [1.165, 1.54) is 18.4 Å². The van der Waals surface area contributed by atoms with Crippen molar-refractivity contribution in [1.29, 1.82) is 0 Å². The summed E-state index contributed by atoms with van der Waals surface area (Å²) in [4.78, 5) is 12.8. The van der Waals surface area contributed by atoms with Crippen molar-refractivity contribution in [1.82, 2.24) is 0 Å². The molecule has 0 heterocycles. The van der Waals surface area contributed by atoms with E-state index in [0.29, 0.717) is 23.7 Å². The van der Waals surface area contributed by atoms with E-state index in [9.17, 15) is 15.0 Å². The second kappa shape index (κ2) is 7.57. The largest absolute Gasteiger partial charge is 0.481 e. The van der Waals surface area contributed by atoms with Gasteiger partial charge in [-0.25, -0.2) is 0 Å². The average Bonchev–Trinajstić information content (AvgIpc) is 3.18. The number of rotatable bonds is 3. The van der Waals surface area contributed by atoms with Gasteiger partial charge in [0.2, 0.25) is 0 Å². The molecule has 5 aliphatic rings. The molecule has 4 N–H and O–H groups in total. The average molecular weight is 472 g/mol. The normalized spacial score (nSPS) is 56.6. The lowest BCUT2D eigenvalue weighted by Crippen LogP contribution is -2.68. The minimum atomic E-state index is -0.550. The number of hydrogen-bond donors (Lipinski definition) is 3. The highest BCUT2D eigenvalue weighted by atomic mass is 16.4. The van der Waals surface area contributed by atoms with Gasteiger partial charge in [0.15, 0.2) is 0 Å². The van der Waals surface area contributed by atoms with Gasteiger partial charge in [-0.15, -0.1) is 0 Å². The van der Waals surface area contributed by atoms with Gasteiger partial charge in [0.25, 0.3) is 0 Å². The predicted octanol–water partition coefficient (Wildman–Crippen LogP) is 6.03. The summed E-state index contributed by atoms with van der Waals surface area (Å²) >= 11 is 0. The van der Waals surface area contributed by atoms with Crippen LogP contribution in [0.2, 0.25) is 0 Å². The fraction of sp³-hybridized carbons (Fsp3) is 0.900. The maximum atomic E-state index is 12.8. The van der Waals surface area contributed by atoms with Crippen LogP contribution in [0.15, 0.2) is 12.2 Å². The molecule has 0 amide bonds. The van der Waals surface area contributed by atoms with Crippen molar-refractivity contribution in [2.75, 3.05) is 6.61 Å². The summed E-state index contributed by atoms with van der Waals surface area (Å²) in [7, 11) is 0. The molecule has 34 heavy (non-hydrogen) atoms. The Bertz CT molecular complexity index is 886.